The smallest absolute Gasteiger partial charge is 0.243 e. The average molecular weight is 279 g/mol. The minimum atomic E-state index is -3.46. The summed E-state index contributed by atoms with van der Waals surface area (Å²) in [6.07, 6.45) is 4.26. The van der Waals surface area contributed by atoms with Crippen molar-refractivity contribution in [3.05, 3.63) is 48.3 Å². The third kappa shape index (κ3) is 3.90. The first kappa shape index (κ1) is 13.8. The topological polar surface area (TPSA) is 74.8 Å². The summed E-state index contributed by atoms with van der Waals surface area (Å²) in [5.41, 5.74) is 1.21. The summed E-state index contributed by atoms with van der Waals surface area (Å²) in [5, 5.41) is 6.14. The largest absolute Gasteiger partial charge is 0.284 e. The number of rotatable bonds is 6. The maximum absolute atomic E-state index is 11.9. The van der Waals surface area contributed by atoms with Crippen LogP contribution in [0.5, 0.6) is 0 Å². The lowest BCUT2D eigenvalue weighted by Gasteiger charge is -2.13. The molecule has 19 heavy (non-hydrogen) atoms. The number of benzene rings is 1. The SMILES string of the molecule is CC(CCc1ccccc1)NS(=O)(=O)c1cn[nH]c1. The second-order valence-electron chi connectivity index (χ2n) is 4.48. The molecule has 6 heteroatoms. The molecule has 2 aromatic rings. The van der Waals surface area contributed by atoms with E-state index < -0.39 is 10.0 Å². The second kappa shape index (κ2) is 5.99. The Morgan fingerprint density at radius 1 is 1.32 bits per heavy atom. The first-order valence-corrected chi connectivity index (χ1v) is 7.61. The van der Waals surface area contributed by atoms with Gasteiger partial charge in [0.15, 0.2) is 0 Å². The van der Waals surface area contributed by atoms with Crippen LogP contribution in [-0.2, 0) is 16.4 Å². The van der Waals surface area contributed by atoms with Gasteiger partial charge in [0.2, 0.25) is 10.0 Å². The third-order valence-corrected chi connectivity index (χ3v) is 4.41. The van der Waals surface area contributed by atoms with Crippen LogP contribution in [0.25, 0.3) is 0 Å². The zero-order chi connectivity index (χ0) is 13.7. The van der Waals surface area contributed by atoms with Gasteiger partial charge in [-0.25, -0.2) is 13.1 Å². The molecule has 0 fully saturated rings. The Morgan fingerprint density at radius 2 is 2.05 bits per heavy atom. The first-order valence-electron chi connectivity index (χ1n) is 6.13. The lowest BCUT2D eigenvalue weighted by atomic mass is 10.1. The molecule has 0 spiro atoms. The molecular weight excluding hydrogens is 262 g/mol. The predicted octanol–water partition coefficient (Wildman–Crippen LogP) is 1.71. The normalized spacial score (nSPS) is 13.3. The summed E-state index contributed by atoms with van der Waals surface area (Å²) >= 11 is 0. The lowest BCUT2D eigenvalue weighted by molar-refractivity contribution is 0.547. The molecule has 0 amide bonds. The van der Waals surface area contributed by atoms with E-state index in [9.17, 15) is 8.42 Å². The van der Waals surface area contributed by atoms with E-state index in [1.165, 1.54) is 18.0 Å². The molecule has 102 valence electrons. The Morgan fingerprint density at radius 3 is 2.68 bits per heavy atom. The van der Waals surface area contributed by atoms with E-state index in [1.807, 2.05) is 37.3 Å². The van der Waals surface area contributed by atoms with Crippen molar-refractivity contribution in [1.29, 1.82) is 0 Å². The number of aromatic nitrogens is 2. The fraction of sp³-hybridized carbons (Fsp3) is 0.308. The van der Waals surface area contributed by atoms with Crippen molar-refractivity contribution in [2.24, 2.45) is 0 Å². The highest BCUT2D eigenvalue weighted by molar-refractivity contribution is 7.89. The molecule has 1 atom stereocenters. The van der Waals surface area contributed by atoms with Crippen LogP contribution < -0.4 is 4.72 Å². The molecule has 1 aromatic carbocycles. The van der Waals surface area contributed by atoms with E-state index in [4.69, 9.17) is 0 Å². The van der Waals surface area contributed by atoms with Crippen molar-refractivity contribution in [2.75, 3.05) is 0 Å². The summed E-state index contributed by atoms with van der Waals surface area (Å²) in [6.45, 7) is 1.86. The second-order valence-corrected chi connectivity index (χ2v) is 6.19. The highest BCUT2D eigenvalue weighted by Crippen LogP contribution is 2.09. The molecule has 0 saturated carbocycles. The van der Waals surface area contributed by atoms with Gasteiger partial charge in [-0.2, -0.15) is 5.10 Å². The lowest BCUT2D eigenvalue weighted by Crippen LogP contribution is -2.32. The molecule has 0 saturated heterocycles. The monoisotopic (exact) mass is 279 g/mol. The van der Waals surface area contributed by atoms with Gasteiger partial charge in [-0.1, -0.05) is 30.3 Å². The van der Waals surface area contributed by atoms with Gasteiger partial charge < -0.3 is 0 Å². The maximum Gasteiger partial charge on any atom is 0.243 e. The Balaban J connectivity index is 1.90. The standard InChI is InChI=1S/C13H17N3O2S/c1-11(7-8-12-5-3-2-4-6-12)16-19(17,18)13-9-14-15-10-13/h2-6,9-11,16H,7-8H2,1H3,(H,14,15). The van der Waals surface area contributed by atoms with Crippen molar-refractivity contribution < 1.29 is 8.42 Å². The van der Waals surface area contributed by atoms with Gasteiger partial charge in [-0.05, 0) is 25.3 Å². The van der Waals surface area contributed by atoms with Crippen LogP contribution in [0.1, 0.15) is 18.9 Å². The van der Waals surface area contributed by atoms with Crippen LogP contribution in [-0.4, -0.2) is 24.7 Å². The van der Waals surface area contributed by atoms with Gasteiger partial charge in [-0.15, -0.1) is 0 Å². The molecule has 0 radical (unpaired) electrons. The number of aryl methyl sites for hydroxylation is 1. The Labute approximate surface area is 113 Å². The number of sulfonamides is 1. The van der Waals surface area contributed by atoms with Crippen molar-refractivity contribution >= 4 is 10.0 Å². The van der Waals surface area contributed by atoms with Crippen LogP contribution in [0.15, 0.2) is 47.6 Å². The maximum atomic E-state index is 11.9. The fourth-order valence-electron chi connectivity index (χ4n) is 1.81. The van der Waals surface area contributed by atoms with E-state index in [2.05, 4.69) is 14.9 Å². The van der Waals surface area contributed by atoms with E-state index in [0.717, 1.165) is 12.8 Å². The van der Waals surface area contributed by atoms with Gasteiger partial charge in [0.05, 0.1) is 6.20 Å². The molecule has 2 rings (SSSR count). The van der Waals surface area contributed by atoms with Crippen LogP contribution in [0.3, 0.4) is 0 Å². The zero-order valence-corrected chi connectivity index (χ0v) is 11.5. The molecule has 0 aliphatic carbocycles. The van der Waals surface area contributed by atoms with Crippen LogP contribution in [0.2, 0.25) is 0 Å². The van der Waals surface area contributed by atoms with Crippen LogP contribution in [0.4, 0.5) is 0 Å². The van der Waals surface area contributed by atoms with Crippen LogP contribution >= 0.6 is 0 Å². The van der Waals surface area contributed by atoms with Crippen molar-refractivity contribution in [1.82, 2.24) is 14.9 Å². The minimum absolute atomic E-state index is 0.125. The van der Waals surface area contributed by atoms with Crippen molar-refractivity contribution in [2.45, 2.75) is 30.7 Å². The Bertz CT molecular complexity index is 594. The van der Waals surface area contributed by atoms with Gasteiger partial charge in [-0.3, -0.25) is 5.10 Å². The van der Waals surface area contributed by atoms with E-state index in [1.54, 1.807) is 0 Å². The fourth-order valence-corrected chi connectivity index (χ4v) is 2.99. The molecular formula is C13H17N3O2S. The van der Waals surface area contributed by atoms with Gasteiger partial charge >= 0.3 is 0 Å². The Hall–Kier alpha value is -1.66. The first-order chi connectivity index (χ1) is 9.08. The quantitative estimate of drug-likeness (QED) is 0.845. The number of nitrogens with zero attached hydrogens (tertiary/aromatic N) is 1. The molecule has 1 heterocycles. The van der Waals surface area contributed by atoms with Gasteiger partial charge in [0, 0.05) is 12.2 Å². The molecule has 1 unspecified atom stereocenters. The summed E-state index contributed by atoms with van der Waals surface area (Å²) in [5.74, 6) is 0. The van der Waals surface area contributed by atoms with E-state index >= 15 is 0 Å². The summed E-state index contributed by atoms with van der Waals surface area (Å²) in [7, 11) is -3.46. The number of aromatic amines is 1. The molecule has 5 nitrogen and oxygen atoms in total. The summed E-state index contributed by atoms with van der Waals surface area (Å²) in [4.78, 5) is 0.166. The molecule has 0 aliphatic rings. The van der Waals surface area contributed by atoms with Crippen molar-refractivity contribution in [3.63, 3.8) is 0 Å². The minimum Gasteiger partial charge on any atom is -0.284 e. The highest BCUT2D eigenvalue weighted by Gasteiger charge is 2.17. The van der Waals surface area contributed by atoms with Crippen molar-refractivity contribution in [3.8, 4) is 0 Å². The summed E-state index contributed by atoms with van der Waals surface area (Å²) < 4.78 is 26.5. The zero-order valence-electron chi connectivity index (χ0n) is 10.7. The summed E-state index contributed by atoms with van der Waals surface area (Å²) in [6, 6.07) is 9.88. The number of hydrogen-bond acceptors (Lipinski definition) is 3. The predicted molar refractivity (Wildman–Crippen MR) is 73.1 cm³/mol. The van der Waals surface area contributed by atoms with E-state index in [0.29, 0.717) is 0 Å². The molecule has 0 aliphatic heterocycles. The highest BCUT2D eigenvalue weighted by atomic mass is 32.2. The van der Waals surface area contributed by atoms with Crippen LogP contribution in [0, 0.1) is 0 Å². The molecule has 1 aromatic heterocycles. The number of H-pyrrole nitrogens is 1. The average Bonchev–Trinajstić information content (AvgIpc) is 2.92. The Kier molecular flexibility index (Phi) is 4.34. The van der Waals surface area contributed by atoms with Gasteiger partial charge in [0.25, 0.3) is 0 Å². The van der Waals surface area contributed by atoms with Gasteiger partial charge in [0.1, 0.15) is 4.90 Å². The molecule has 2 N–H and O–H groups in total. The number of nitrogens with one attached hydrogen (secondary N) is 2. The molecule has 0 bridgehead atoms. The van der Waals surface area contributed by atoms with E-state index in [-0.39, 0.29) is 10.9 Å². The number of hydrogen-bond donors (Lipinski definition) is 2. The third-order valence-electron chi connectivity index (χ3n) is 2.85.